The zero-order valence-electron chi connectivity index (χ0n) is 20.7. The van der Waals surface area contributed by atoms with E-state index in [-0.39, 0.29) is 16.7 Å². The number of benzene rings is 1. The van der Waals surface area contributed by atoms with E-state index in [1.54, 1.807) is 12.3 Å². The van der Waals surface area contributed by atoms with Crippen LogP contribution in [0.4, 0.5) is 5.69 Å². The Morgan fingerprint density at radius 2 is 2.06 bits per heavy atom. The molecule has 36 heavy (non-hydrogen) atoms. The van der Waals surface area contributed by atoms with Crippen molar-refractivity contribution in [3.8, 4) is 11.4 Å². The average molecular weight is 509 g/mol. The molecule has 4 rings (SSSR count). The molecule has 0 unspecified atom stereocenters. The number of hydrogen-bond donors (Lipinski definition) is 1. The second kappa shape index (κ2) is 12.1. The normalized spacial score (nSPS) is 16.9. The van der Waals surface area contributed by atoms with Gasteiger partial charge < -0.3 is 19.7 Å². The van der Waals surface area contributed by atoms with Crippen LogP contribution in [0.25, 0.3) is 5.69 Å². The van der Waals surface area contributed by atoms with Crippen molar-refractivity contribution in [2.45, 2.75) is 32.3 Å². The predicted octanol–water partition coefficient (Wildman–Crippen LogP) is 5.13. The number of likely N-dealkylation sites (tertiary alicyclic amines) is 1. The summed E-state index contributed by atoms with van der Waals surface area (Å²) < 4.78 is 13.0. The molecule has 3 heterocycles. The Labute approximate surface area is 217 Å². The van der Waals surface area contributed by atoms with E-state index in [0.29, 0.717) is 24.5 Å². The summed E-state index contributed by atoms with van der Waals surface area (Å²) in [5.41, 5.74) is 4.05. The summed E-state index contributed by atoms with van der Waals surface area (Å²) in [6.45, 7) is 13.6. The van der Waals surface area contributed by atoms with Crippen molar-refractivity contribution in [1.29, 1.82) is 0 Å². The van der Waals surface area contributed by atoms with Crippen molar-refractivity contribution < 1.29 is 9.47 Å². The zero-order valence-corrected chi connectivity index (χ0v) is 21.5. The van der Waals surface area contributed by atoms with E-state index in [1.165, 1.54) is 4.68 Å². The first-order valence-corrected chi connectivity index (χ1v) is 12.6. The lowest BCUT2D eigenvalue weighted by molar-refractivity contribution is 0.118. The SMILES string of the molecule is C=C/C=C(\C(=C)C)N1CCC(Oc2ccc(-n3ncc(NCC4=CCCOC4)c(Cl)c3=O)cc2)CC1. The minimum Gasteiger partial charge on any atom is -0.490 e. The summed E-state index contributed by atoms with van der Waals surface area (Å²) in [7, 11) is 0. The first-order valence-electron chi connectivity index (χ1n) is 12.2. The van der Waals surface area contributed by atoms with Crippen LogP contribution in [-0.2, 0) is 4.74 Å². The van der Waals surface area contributed by atoms with E-state index in [4.69, 9.17) is 21.1 Å². The summed E-state index contributed by atoms with van der Waals surface area (Å²) in [5.74, 6) is 0.763. The molecule has 1 fully saturated rings. The third-order valence-electron chi connectivity index (χ3n) is 6.29. The lowest BCUT2D eigenvalue weighted by Crippen LogP contribution is -2.37. The molecule has 0 saturated carbocycles. The smallest absolute Gasteiger partial charge is 0.292 e. The Balaban J connectivity index is 1.36. The number of hydrogen-bond acceptors (Lipinski definition) is 6. The molecule has 0 aliphatic carbocycles. The van der Waals surface area contributed by atoms with Crippen LogP contribution in [0, 0.1) is 0 Å². The van der Waals surface area contributed by atoms with Crippen molar-refractivity contribution in [2.75, 3.05) is 38.2 Å². The molecular weight excluding hydrogens is 476 g/mol. The Morgan fingerprint density at radius 1 is 1.31 bits per heavy atom. The fraction of sp³-hybridized carbons (Fsp3) is 0.357. The van der Waals surface area contributed by atoms with E-state index in [2.05, 4.69) is 34.5 Å². The van der Waals surface area contributed by atoms with E-state index < -0.39 is 0 Å². The van der Waals surface area contributed by atoms with Crippen molar-refractivity contribution in [3.63, 3.8) is 0 Å². The Morgan fingerprint density at radius 3 is 2.69 bits per heavy atom. The topological polar surface area (TPSA) is 68.6 Å². The Hall–Kier alpha value is -3.29. The molecule has 1 aromatic heterocycles. The molecule has 2 aromatic rings. The van der Waals surface area contributed by atoms with Crippen LogP contribution in [0.15, 0.2) is 83.5 Å². The lowest BCUT2D eigenvalue weighted by atomic mass is 10.0. The van der Waals surface area contributed by atoms with E-state index in [0.717, 1.165) is 61.6 Å². The first-order chi connectivity index (χ1) is 17.5. The quantitative estimate of drug-likeness (QED) is 0.374. The number of halogens is 1. The van der Waals surface area contributed by atoms with Gasteiger partial charge in [-0.2, -0.15) is 9.78 Å². The maximum Gasteiger partial charge on any atom is 0.292 e. The van der Waals surface area contributed by atoms with Gasteiger partial charge in [0, 0.05) is 38.2 Å². The molecule has 0 radical (unpaired) electrons. The predicted molar refractivity (Wildman–Crippen MR) is 145 cm³/mol. The number of ether oxygens (including phenoxy) is 2. The number of nitrogens with one attached hydrogen (secondary N) is 1. The van der Waals surface area contributed by atoms with Gasteiger partial charge in [-0.25, -0.2) is 0 Å². The van der Waals surface area contributed by atoms with Crippen LogP contribution in [0.3, 0.4) is 0 Å². The van der Waals surface area contributed by atoms with Crippen molar-refractivity contribution >= 4 is 17.3 Å². The fourth-order valence-electron chi connectivity index (χ4n) is 4.38. The van der Waals surface area contributed by atoms with Gasteiger partial charge in [0.1, 0.15) is 16.9 Å². The van der Waals surface area contributed by atoms with Crippen LogP contribution in [0.2, 0.25) is 5.02 Å². The van der Waals surface area contributed by atoms with Gasteiger partial charge in [-0.15, -0.1) is 0 Å². The summed E-state index contributed by atoms with van der Waals surface area (Å²) >= 11 is 6.37. The summed E-state index contributed by atoms with van der Waals surface area (Å²) in [5, 5.41) is 7.61. The molecule has 0 amide bonds. The molecule has 2 aliphatic heterocycles. The highest BCUT2D eigenvalue weighted by atomic mass is 35.5. The summed E-state index contributed by atoms with van der Waals surface area (Å²) in [6, 6.07) is 7.36. The fourth-order valence-corrected chi connectivity index (χ4v) is 4.58. The highest BCUT2D eigenvalue weighted by Gasteiger charge is 2.22. The third-order valence-corrected chi connectivity index (χ3v) is 6.65. The van der Waals surface area contributed by atoms with Crippen LogP contribution < -0.4 is 15.6 Å². The number of piperidine rings is 1. The molecule has 0 bridgehead atoms. The molecule has 7 nitrogen and oxygen atoms in total. The van der Waals surface area contributed by atoms with E-state index in [1.807, 2.05) is 37.3 Å². The number of allylic oxidation sites excluding steroid dienone is 3. The number of rotatable bonds is 9. The lowest BCUT2D eigenvalue weighted by Gasteiger charge is -2.35. The molecule has 190 valence electrons. The molecule has 0 atom stereocenters. The van der Waals surface area contributed by atoms with Gasteiger partial charge in [-0.1, -0.05) is 36.9 Å². The van der Waals surface area contributed by atoms with Gasteiger partial charge >= 0.3 is 0 Å². The third kappa shape index (κ3) is 6.28. The van der Waals surface area contributed by atoms with E-state index >= 15 is 0 Å². The van der Waals surface area contributed by atoms with Gasteiger partial charge in [0.05, 0.1) is 30.8 Å². The molecule has 8 heteroatoms. The average Bonchev–Trinajstić information content (AvgIpc) is 2.90. The summed E-state index contributed by atoms with van der Waals surface area (Å²) in [6.07, 6.45) is 10.4. The van der Waals surface area contributed by atoms with Crippen molar-refractivity contribution in [1.82, 2.24) is 14.7 Å². The van der Waals surface area contributed by atoms with Gasteiger partial charge in [-0.3, -0.25) is 4.79 Å². The minimum absolute atomic E-state index is 0.106. The van der Waals surface area contributed by atoms with Crippen molar-refractivity contribution in [3.05, 3.63) is 94.1 Å². The molecular formula is C28H33ClN4O3. The molecule has 2 aliphatic rings. The molecule has 1 aromatic carbocycles. The van der Waals surface area contributed by atoms with Crippen LogP contribution in [-0.4, -0.2) is 53.6 Å². The van der Waals surface area contributed by atoms with Crippen LogP contribution >= 0.6 is 11.6 Å². The number of nitrogens with zero attached hydrogens (tertiary/aromatic N) is 3. The largest absolute Gasteiger partial charge is 0.490 e. The van der Waals surface area contributed by atoms with Gasteiger partial charge in [0.25, 0.3) is 5.56 Å². The first kappa shape index (κ1) is 25.8. The van der Waals surface area contributed by atoms with Crippen molar-refractivity contribution in [2.24, 2.45) is 0 Å². The van der Waals surface area contributed by atoms with E-state index in [9.17, 15) is 4.79 Å². The molecule has 1 N–H and O–H groups in total. The Bertz CT molecular complexity index is 1210. The van der Waals surface area contributed by atoms with Crippen LogP contribution in [0.1, 0.15) is 26.2 Å². The van der Waals surface area contributed by atoms with Gasteiger partial charge in [0.2, 0.25) is 0 Å². The molecule has 0 spiro atoms. The van der Waals surface area contributed by atoms with Gasteiger partial charge in [0.15, 0.2) is 0 Å². The maximum absolute atomic E-state index is 12.9. The monoisotopic (exact) mass is 508 g/mol. The highest BCUT2D eigenvalue weighted by molar-refractivity contribution is 6.32. The maximum atomic E-state index is 12.9. The summed E-state index contributed by atoms with van der Waals surface area (Å²) in [4.78, 5) is 15.2. The number of anilines is 1. The number of aromatic nitrogens is 2. The highest BCUT2D eigenvalue weighted by Crippen LogP contribution is 2.24. The minimum atomic E-state index is -0.377. The molecule has 1 saturated heterocycles. The zero-order chi connectivity index (χ0) is 25.5. The second-order valence-electron chi connectivity index (χ2n) is 9.01. The Kier molecular flexibility index (Phi) is 8.67. The van der Waals surface area contributed by atoms with Crippen LogP contribution in [0.5, 0.6) is 5.75 Å². The second-order valence-corrected chi connectivity index (χ2v) is 9.39. The van der Waals surface area contributed by atoms with Gasteiger partial charge in [-0.05, 0) is 54.8 Å². The standard InChI is InChI=1S/C28H33ClN4O3/c1-4-6-26(20(2)3)32-14-12-24(13-15-32)36-23-10-8-22(9-11-23)33-28(34)27(29)25(18-31-33)30-17-21-7-5-16-35-19-21/h4,6-11,18,24,30H,1-2,5,12-17,19H2,3H3/b26-6+.